The molecule has 0 aromatic heterocycles. The average Bonchev–Trinajstić information content (AvgIpc) is 2.58. The van der Waals surface area contributed by atoms with Gasteiger partial charge in [0.1, 0.15) is 5.78 Å². The minimum atomic E-state index is -0.742. The molecule has 0 radical (unpaired) electrons. The summed E-state index contributed by atoms with van der Waals surface area (Å²) in [5, 5.41) is 2.42. The lowest BCUT2D eigenvalue weighted by molar-refractivity contribution is -0.167. The summed E-state index contributed by atoms with van der Waals surface area (Å²) >= 11 is 0. The number of Topliss-reactive ketones (excluding diaryl/α,β-unsaturated/α-hetero) is 1. The van der Waals surface area contributed by atoms with E-state index in [1.807, 2.05) is 0 Å². The number of hydrogen-bond donors (Lipinski definition) is 1. The summed E-state index contributed by atoms with van der Waals surface area (Å²) in [6.07, 6.45) is 5.06. The van der Waals surface area contributed by atoms with Gasteiger partial charge in [0.2, 0.25) is 0 Å². The van der Waals surface area contributed by atoms with Crippen molar-refractivity contribution in [3.8, 4) is 0 Å². The molecule has 0 aromatic carbocycles. The number of carbonyl (C=O) groups excluding carboxylic acids is 3. The van der Waals surface area contributed by atoms with Crippen LogP contribution in [0.25, 0.3) is 0 Å². The lowest BCUT2D eigenvalue weighted by Gasteiger charge is -2.56. The largest absolute Gasteiger partial charge is 0.375 e. The highest BCUT2D eigenvalue weighted by Crippen LogP contribution is 2.54. The first-order chi connectivity index (χ1) is 9.55. The third kappa shape index (κ3) is 1.45. The molecule has 2 heterocycles. The number of nitrogens with zero attached hydrogens (tertiary/aromatic N) is 1. The highest BCUT2D eigenvalue weighted by Gasteiger charge is 2.63. The first kappa shape index (κ1) is 12.3. The molecule has 0 unspecified atom stereocenters. The summed E-state index contributed by atoms with van der Waals surface area (Å²) in [5.41, 5.74) is -0.510. The van der Waals surface area contributed by atoms with Gasteiger partial charge in [0.25, 0.3) is 5.91 Å². The van der Waals surface area contributed by atoms with Crippen molar-refractivity contribution < 1.29 is 19.1 Å². The van der Waals surface area contributed by atoms with Crippen LogP contribution in [0.15, 0.2) is 0 Å². The molecule has 4 aliphatic rings. The third-order valence-corrected chi connectivity index (χ3v) is 5.58. The van der Waals surface area contributed by atoms with Gasteiger partial charge >= 0.3 is 6.03 Å². The van der Waals surface area contributed by atoms with E-state index in [4.69, 9.17) is 4.74 Å². The highest BCUT2D eigenvalue weighted by atomic mass is 16.5. The monoisotopic (exact) mass is 278 g/mol. The summed E-state index contributed by atoms with van der Waals surface area (Å²) in [6.45, 7) is 0.624. The van der Waals surface area contributed by atoms with Crippen LogP contribution in [-0.2, 0) is 14.3 Å². The summed E-state index contributed by atoms with van der Waals surface area (Å²) in [5.74, 6) is 0.144. The fraction of sp³-hybridized carbons (Fsp3) is 0.786. The summed E-state index contributed by atoms with van der Waals surface area (Å²) in [7, 11) is 0. The van der Waals surface area contributed by atoms with Gasteiger partial charge in [-0.1, -0.05) is 0 Å². The van der Waals surface area contributed by atoms with E-state index in [1.54, 1.807) is 4.90 Å². The normalized spacial score (nSPS) is 31.4. The molecule has 4 rings (SSSR count). The van der Waals surface area contributed by atoms with Crippen molar-refractivity contribution in [1.82, 2.24) is 10.2 Å². The van der Waals surface area contributed by atoms with Gasteiger partial charge in [-0.15, -0.1) is 0 Å². The Kier molecular flexibility index (Phi) is 2.35. The van der Waals surface area contributed by atoms with Crippen LogP contribution in [0.4, 0.5) is 4.79 Å². The second-order valence-electron chi connectivity index (χ2n) is 6.75. The van der Waals surface area contributed by atoms with E-state index < -0.39 is 5.54 Å². The molecule has 0 atom stereocenters. The minimum absolute atomic E-state index is 0.124. The molecule has 2 aliphatic heterocycles. The van der Waals surface area contributed by atoms with Crippen molar-refractivity contribution in [2.45, 2.75) is 50.1 Å². The topological polar surface area (TPSA) is 75.7 Å². The standard InChI is InChI=1S/C14H18N2O4/c17-10-1-3-13(4-2-10)5-9(6-13)16-12(19)15-11(18)14(16)7-20-8-14/h9H,1-8H2,(H,15,18,19). The predicted octanol–water partition coefficient (Wildman–Crippen LogP) is 0.599. The number of hydrogen-bond acceptors (Lipinski definition) is 4. The highest BCUT2D eigenvalue weighted by molar-refractivity contribution is 6.08. The molecule has 0 aromatic rings. The molecule has 6 heteroatoms. The maximum absolute atomic E-state index is 12.0. The Hall–Kier alpha value is -1.43. The Morgan fingerprint density at radius 2 is 1.75 bits per heavy atom. The first-order valence-electron chi connectivity index (χ1n) is 7.29. The zero-order chi connectivity index (χ0) is 14.0. The number of amides is 3. The third-order valence-electron chi connectivity index (χ3n) is 5.58. The quantitative estimate of drug-likeness (QED) is 0.713. The molecule has 0 bridgehead atoms. The van der Waals surface area contributed by atoms with Crippen LogP contribution in [0, 0.1) is 5.41 Å². The summed E-state index contributed by atoms with van der Waals surface area (Å²) < 4.78 is 5.18. The molecule has 2 saturated heterocycles. The van der Waals surface area contributed by atoms with Crippen LogP contribution in [0.3, 0.4) is 0 Å². The SMILES string of the molecule is O=C1CCC2(CC1)CC(N1C(=O)NC(=O)C13COC3)C2. The smallest absolute Gasteiger partial charge is 0.325 e. The van der Waals surface area contributed by atoms with E-state index in [0.717, 1.165) is 25.7 Å². The van der Waals surface area contributed by atoms with Gasteiger partial charge in [0.05, 0.1) is 13.2 Å². The fourth-order valence-electron chi connectivity index (χ4n) is 4.25. The van der Waals surface area contributed by atoms with Gasteiger partial charge in [0, 0.05) is 18.9 Å². The van der Waals surface area contributed by atoms with Gasteiger partial charge in [-0.3, -0.25) is 14.9 Å². The molecule has 108 valence electrons. The number of rotatable bonds is 1. The van der Waals surface area contributed by atoms with Gasteiger partial charge in [-0.2, -0.15) is 0 Å². The van der Waals surface area contributed by atoms with E-state index in [1.165, 1.54) is 0 Å². The minimum Gasteiger partial charge on any atom is -0.375 e. The number of nitrogens with one attached hydrogen (secondary N) is 1. The van der Waals surface area contributed by atoms with Crippen LogP contribution in [0.1, 0.15) is 38.5 Å². The lowest BCUT2D eigenvalue weighted by Crippen LogP contribution is -2.68. The number of carbonyl (C=O) groups is 3. The van der Waals surface area contributed by atoms with E-state index in [9.17, 15) is 14.4 Å². The predicted molar refractivity (Wildman–Crippen MR) is 67.9 cm³/mol. The molecule has 1 N–H and O–H groups in total. The van der Waals surface area contributed by atoms with E-state index in [0.29, 0.717) is 31.8 Å². The average molecular weight is 278 g/mol. The molecule has 3 amide bonds. The zero-order valence-corrected chi connectivity index (χ0v) is 11.3. The maximum atomic E-state index is 12.0. The zero-order valence-electron chi connectivity index (χ0n) is 11.3. The van der Waals surface area contributed by atoms with Crippen molar-refractivity contribution in [2.75, 3.05) is 13.2 Å². The van der Waals surface area contributed by atoms with E-state index in [-0.39, 0.29) is 23.4 Å². The number of urea groups is 1. The summed E-state index contributed by atoms with van der Waals surface area (Å²) in [4.78, 5) is 37.1. The second-order valence-corrected chi connectivity index (χ2v) is 6.75. The molecule has 2 saturated carbocycles. The Morgan fingerprint density at radius 1 is 1.10 bits per heavy atom. The maximum Gasteiger partial charge on any atom is 0.325 e. The first-order valence-corrected chi connectivity index (χ1v) is 7.29. The lowest BCUT2D eigenvalue weighted by atomic mass is 9.57. The molecule has 2 spiro atoms. The Labute approximate surface area is 116 Å². The number of ether oxygens (including phenoxy) is 1. The summed E-state index contributed by atoms with van der Waals surface area (Å²) in [6, 6.07) is -0.149. The van der Waals surface area contributed by atoms with Gasteiger partial charge in [-0.25, -0.2) is 4.79 Å². The van der Waals surface area contributed by atoms with E-state index >= 15 is 0 Å². The second kappa shape index (κ2) is 3.81. The Balaban J connectivity index is 1.49. The van der Waals surface area contributed by atoms with Gasteiger partial charge in [0.15, 0.2) is 5.54 Å². The fourth-order valence-corrected chi connectivity index (χ4v) is 4.25. The van der Waals surface area contributed by atoms with Crippen LogP contribution >= 0.6 is 0 Å². The number of ketones is 1. The van der Waals surface area contributed by atoms with Gasteiger partial charge < -0.3 is 9.64 Å². The van der Waals surface area contributed by atoms with Crippen molar-refractivity contribution in [3.05, 3.63) is 0 Å². The molecule has 20 heavy (non-hydrogen) atoms. The van der Waals surface area contributed by atoms with Crippen LogP contribution in [-0.4, -0.2) is 47.4 Å². The molecular formula is C14H18N2O4. The molecule has 6 nitrogen and oxygen atoms in total. The van der Waals surface area contributed by atoms with Crippen molar-refractivity contribution in [1.29, 1.82) is 0 Å². The molecule has 2 aliphatic carbocycles. The van der Waals surface area contributed by atoms with Crippen LogP contribution in [0.5, 0.6) is 0 Å². The Bertz CT molecular complexity index is 493. The van der Waals surface area contributed by atoms with Crippen LogP contribution in [0.2, 0.25) is 0 Å². The van der Waals surface area contributed by atoms with Gasteiger partial charge in [-0.05, 0) is 31.1 Å². The number of imide groups is 1. The van der Waals surface area contributed by atoms with Crippen molar-refractivity contribution >= 4 is 17.7 Å². The Morgan fingerprint density at radius 3 is 2.30 bits per heavy atom. The molecule has 4 fully saturated rings. The van der Waals surface area contributed by atoms with Crippen molar-refractivity contribution in [2.24, 2.45) is 5.41 Å². The van der Waals surface area contributed by atoms with E-state index in [2.05, 4.69) is 5.32 Å². The molecular weight excluding hydrogens is 260 g/mol. The van der Waals surface area contributed by atoms with Crippen LogP contribution < -0.4 is 5.32 Å². The van der Waals surface area contributed by atoms with Crippen molar-refractivity contribution in [3.63, 3.8) is 0 Å².